The number of rotatable bonds is 3. The number of nitrogens with zero attached hydrogens (tertiary/aromatic N) is 1. The fourth-order valence-corrected chi connectivity index (χ4v) is 2.22. The first kappa shape index (κ1) is 13.1. The van der Waals surface area contributed by atoms with Crippen LogP contribution in [0.2, 0.25) is 10.0 Å². The Balaban J connectivity index is 3.45. The molecule has 1 aromatic carbocycles. The second kappa shape index (κ2) is 4.89. The van der Waals surface area contributed by atoms with Gasteiger partial charge in [-0.15, -0.1) is 0 Å². The molecular weight excluding hydrogens is 253 g/mol. The summed E-state index contributed by atoms with van der Waals surface area (Å²) in [6.45, 7) is 3.83. The maximum Gasteiger partial charge on any atom is 0.313 e. The quantitative estimate of drug-likeness (QED) is 0.659. The Bertz CT molecular complexity index is 435. The summed E-state index contributed by atoms with van der Waals surface area (Å²) in [5, 5.41) is 20.4. The molecule has 0 fully saturated rings. The number of nitro groups is 1. The lowest BCUT2D eigenvalue weighted by atomic mass is 9.98. The molecule has 0 amide bonds. The standard InChI is InChI=1S/C10H11Cl2NO3/c1-3-5(2)8-6(11)4-7(13(15)16)10(14)9(8)12/h4-5,14H,3H2,1-2H3. The molecule has 0 spiro atoms. The van der Waals surface area contributed by atoms with Crippen LogP contribution in [0.5, 0.6) is 5.75 Å². The predicted octanol–water partition coefficient (Wildman–Crippen LogP) is 4.12. The lowest BCUT2D eigenvalue weighted by molar-refractivity contribution is -0.385. The van der Waals surface area contributed by atoms with Gasteiger partial charge in [0.2, 0.25) is 5.75 Å². The number of hydrogen-bond donors (Lipinski definition) is 1. The first-order valence-electron chi connectivity index (χ1n) is 4.75. The maximum absolute atomic E-state index is 10.6. The van der Waals surface area contributed by atoms with Gasteiger partial charge in [0.1, 0.15) is 0 Å². The van der Waals surface area contributed by atoms with E-state index in [1.165, 1.54) is 0 Å². The SMILES string of the molecule is CCC(C)c1c(Cl)cc([N+](=O)[O-])c(O)c1Cl. The van der Waals surface area contributed by atoms with Gasteiger partial charge in [-0.1, -0.05) is 37.0 Å². The van der Waals surface area contributed by atoms with Crippen LogP contribution in [0.3, 0.4) is 0 Å². The molecule has 0 saturated heterocycles. The molecule has 0 saturated carbocycles. The average Bonchev–Trinajstić information content (AvgIpc) is 2.22. The second-order valence-corrected chi connectivity index (χ2v) is 4.31. The van der Waals surface area contributed by atoms with E-state index in [1.54, 1.807) is 0 Å². The van der Waals surface area contributed by atoms with Gasteiger partial charge in [0.05, 0.1) is 15.0 Å². The molecule has 88 valence electrons. The molecular formula is C10H11Cl2NO3. The first-order valence-corrected chi connectivity index (χ1v) is 5.50. The number of halogens is 2. The minimum Gasteiger partial charge on any atom is -0.501 e. The van der Waals surface area contributed by atoms with E-state index >= 15 is 0 Å². The van der Waals surface area contributed by atoms with E-state index < -0.39 is 16.4 Å². The minimum absolute atomic E-state index is 0.0337. The normalized spacial score (nSPS) is 12.5. The lowest BCUT2D eigenvalue weighted by Crippen LogP contribution is -1.97. The van der Waals surface area contributed by atoms with Crippen LogP contribution in [0.4, 0.5) is 5.69 Å². The van der Waals surface area contributed by atoms with Crippen molar-refractivity contribution in [2.24, 2.45) is 0 Å². The highest BCUT2D eigenvalue weighted by Gasteiger charge is 2.24. The van der Waals surface area contributed by atoms with Crippen molar-refractivity contribution in [2.75, 3.05) is 0 Å². The molecule has 0 aliphatic heterocycles. The van der Waals surface area contributed by atoms with Crippen LogP contribution in [0, 0.1) is 10.1 Å². The third-order valence-electron chi connectivity index (χ3n) is 2.51. The van der Waals surface area contributed by atoms with Crippen LogP contribution < -0.4 is 0 Å². The van der Waals surface area contributed by atoms with E-state index in [2.05, 4.69) is 0 Å². The van der Waals surface area contributed by atoms with Crippen molar-refractivity contribution in [1.29, 1.82) is 0 Å². The highest BCUT2D eigenvalue weighted by molar-refractivity contribution is 6.37. The molecule has 1 atom stereocenters. The molecule has 1 unspecified atom stereocenters. The number of nitro benzene ring substituents is 1. The summed E-state index contributed by atoms with van der Waals surface area (Å²) < 4.78 is 0. The van der Waals surface area contributed by atoms with Crippen LogP contribution in [0.15, 0.2) is 6.07 Å². The minimum atomic E-state index is -0.715. The molecule has 0 aliphatic rings. The second-order valence-electron chi connectivity index (χ2n) is 3.52. The molecule has 1 rings (SSSR count). The molecule has 0 radical (unpaired) electrons. The van der Waals surface area contributed by atoms with E-state index in [0.717, 1.165) is 12.5 Å². The zero-order valence-corrected chi connectivity index (χ0v) is 10.3. The zero-order valence-electron chi connectivity index (χ0n) is 8.83. The highest BCUT2D eigenvalue weighted by atomic mass is 35.5. The number of phenolic OH excluding ortho intramolecular Hbond substituents is 1. The summed E-state index contributed by atoms with van der Waals surface area (Å²) in [7, 11) is 0. The number of aromatic hydroxyl groups is 1. The van der Waals surface area contributed by atoms with Gasteiger partial charge in [-0.25, -0.2) is 0 Å². The van der Waals surface area contributed by atoms with Crippen molar-refractivity contribution in [2.45, 2.75) is 26.2 Å². The predicted molar refractivity (Wildman–Crippen MR) is 63.5 cm³/mol. The van der Waals surface area contributed by atoms with Crippen molar-refractivity contribution >= 4 is 28.9 Å². The van der Waals surface area contributed by atoms with Crippen molar-refractivity contribution in [1.82, 2.24) is 0 Å². The topological polar surface area (TPSA) is 63.4 Å². The van der Waals surface area contributed by atoms with E-state index in [9.17, 15) is 15.2 Å². The summed E-state index contributed by atoms with van der Waals surface area (Å²) in [5.74, 6) is -0.488. The molecule has 0 aliphatic carbocycles. The molecule has 0 heterocycles. The molecule has 1 N–H and O–H groups in total. The molecule has 6 heteroatoms. The van der Waals surface area contributed by atoms with Crippen LogP contribution >= 0.6 is 23.2 Å². The Kier molecular flexibility index (Phi) is 3.99. The van der Waals surface area contributed by atoms with Gasteiger partial charge in [-0.3, -0.25) is 10.1 Å². The van der Waals surface area contributed by atoms with Crippen molar-refractivity contribution < 1.29 is 10.0 Å². The molecule has 0 aromatic heterocycles. The first-order chi connectivity index (χ1) is 7.40. The summed E-state index contributed by atoms with van der Waals surface area (Å²) in [6.07, 6.45) is 0.774. The van der Waals surface area contributed by atoms with E-state index in [-0.39, 0.29) is 16.0 Å². The van der Waals surface area contributed by atoms with E-state index in [4.69, 9.17) is 23.2 Å². The maximum atomic E-state index is 10.6. The van der Waals surface area contributed by atoms with Crippen molar-refractivity contribution in [3.63, 3.8) is 0 Å². The van der Waals surface area contributed by atoms with Crippen molar-refractivity contribution in [3.05, 3.63) is 31.8 Å². The molecule has 1 aromatic rings. The lowest BCUT2D eigenvalue weighted by Gasteiger charge is -2.14. The van der Waals surface area contributed by atoms with Gasteiger partial charge in [0.15, 0.2) is 0 Å². The van der Waals surface area contributed by atoms with Gasteiger partial charge >= 0.3 is 5.69 Å². The number of benzene rings is 1. The van der Waals surface area contributed by atoms with Crippen LogP contribution in [-0.4, -0.2) is 10.0 Å². The summed E-state index contributed by atoms with van der Waals surface area (Å²) >= 11 is 11.8. The smallest absolute Gasteiger partial charge is 0.313 e. The zero-order chi connectivity index (χ0) is 12.5. The Labute approximate surface area is 103 Å². The third kappa shape index (κ3) is 2.23. The summed E-state index contributed by atoms with van der Waals surface area (Å²) in [5.41, 5.74) is 0.0796. The van der Waals surface area contributed by atoms with Crippen molar-refractivity contribution in [3.8, 4) is 5.75 Å². The summed E-state index contributed by atoms with van der Waals surface area (Å²) in [4.78, 5) is 9.89. The van der Waals surface area contributed by atoms with E-state index in [1.807, 2.05) is 13.8 Å². The number of hydrogen-bond acceptors (Lipinski definition) is 3. The van der Waals surface area contributed by atoms with Crippen LogP contribution in [0.1, 0.15) is 31.7 Å². The Hall–Kier alpha value is -1.00. The van der Waals surface area contributed by atoms with Crippen LogP contribution in [-0.2, 0) is 0 Å². The molecule has 4 nitrogen and oxygen atoms in total. The molecule has 16 heavy (non-hydrogen) atoms. The third-order valence-corrected chi connectivity index (χ3v) is 3.20. The number of phenols is 1. The van der Waals surface area contributed by atoms with Gasteiger partial charge in [0, 0.05) is 6.07 Å². The monoisotopic (exact) mass is 263 g/mol. The van der Waals surface area contributed by atoms with Gasteiger partial charge in [0.25, 0.3) is 0 Å². The van der Waals surface area contributed by atoms with Gasteiger partial charge in [-0.05, 0) is 17.9 Å². The van der Waals surface area contributed by atoms with Gasteiger partial charge < -0.3 is 5.11 Å². The Morgan fingerprint density at radius 1 is 1.56 bits per heavy atom. The fourth-order valence-electron chi connectivity index (χ4n) is 1.41. The summed E-state index contributed by atoms with van der Waals surface area (Å²) in [6, 6.07) is 1.13. The molecule has 0 bridgehead atoms. The largest absolute Gasteiger partial charge is 0.501 e. The Morgan fingerprint density at radius 3 is 2.56 bits per heavy atom. The average molecular weight is 264 g/mol. The fraction of sp³-hybridized carbons (Fsp3) is 0.400. The van der Waals surface area contributed by atoms with Crippen LogP contribution in [0.25, 0.3) is 0 Å². The Morgan fingerprint density at radius 2 is 2.12 bits per heavy atom. The van der Waals surface area contributed by atoms with Gasteiger partial charge in [-0.2, -0.15) is 0 Å². The highest BCUT2D eigenvalue weighted by Crippen LogP contribution is 2.44. The van der Waals surface area contributed by atoms with E-state index in [0.29, 0.717) is 5.56 Å².